The molecule has 1 N–H and O–H groups in total. The second-order valence-electron chi connectivity index (χ2n) is 5.01. The van der Waals surface area contributed by atoms with Crippen molar-refractivity contribution in [1.82, 2.24) is 4.90 Å². The number of aliphatic carboxylic acids is 1. The number of benzene rings is 1. The van der Waals surface area contributed by atoms with E-state index in [9.17, 15) is 14.7 Å². The van der Waals surface area contributed by atoms with E-state index in [2.05, 4.69) is 15.9 Å². The number of rotatable bonds is 3. The van der Waals surface area contributed by atoms with Crippen molar-refractivity contribution in [2.75, 3.05) is 6.54 Å². The predicted octanol–water partition coefficient (Wildman–Crippen LogP) is 3.22. The largest absolute Gasteiger partial charge is 0.481 e. The fourth-order valence-electron chi connectivity index (χ4n) is 2.85. The zero-order chi connectivity index (χ0) is 14.7. The number of carbonyl (C=O) groups is 2. The normalized spacial score (nSPS) is 23.5. The molecule has 0 aliphatic carbocycles. The Balaban J connectivity index is 2.45. The van der Waals surface area contributed by atoms with E-state index in [0.29, 0.717) is 25.8 Å². The van der Waals surface area contributed by atoms with Crippen LogP contribution in [0.25, 0.3) is 0 Å². The molecule has 0 saturated carbocycles. The van der Waals surface area contributed by atoms with Crippen LogP contribution in [0.3, 0.4) is 0 Å². The van der Waals surface area contributed by atoms with Gasteiger partial charge in [-0.05, 0) is 37.5 Å². The van der Waals surface area contributed by atoms with Gasteiger partial charge in [0.15, 0.2) is 0 Å². The van der Waals surface area contributed by atoms with E-state index in [4.69, 9.17) is 0 Å². The molecule has 1 aliphatic heterocycles. The van der Waals surface area contributed by atoms with Gasteiger partial charge in [-0.15, -0.1) is 0 Å². The van der Waals surface area contributed by atoms with Gasteiger partial charge < -0.3 is 10.0 Å². The standard InChI is InChI=1S/C15H18BrNO3/c1-2-17-13(18)5-3-4-12(15(19)20)14(17)10-6-8-11(16)9-7-10/h6-9,12,14H,2-5H2,1H3,(H,19,20). The first-order chi connectivity index (χ1) is 9.54. The van der Waals surface area contributed by atoms with Gasteiger partial charge in [-0.3, -0.25) is 9.59 Å². The average Bonchev–Trinajstić information content (AvgIpc) is 2.58. The molecule has 20 heavy (non-hydrogen) atoms. The molecule has 1 aliphatic rings. The van der Waals surface area contributed by atoms with Gasteiger partial charge in [-0.2, -0.15) is 0 Å². The summed E-state index contributed by atoms with van der Waals surface area (Å²) in [7, 11) is 0. The fraction of sp³-hybridized carbons (Fsp3) is 0.467. The summed E-state index contributed by atoms with van der Waals surface area (Å²) < 4.78 is 0.941. The number of carboxylic acid groups (broad SMARTS) is 1. The van der Waals surface area contributed by atoms with Crippen molar-refractivity contribution in [2.45, 2.75) is 32.2 Å². The Bertz CT molecular complexity index is 498. The van der Waals surface area contributed by atoms with Crippen LogP contribution in [0.15, 0.2) is 28.7 Å². The van der Waals surface area contributed by atoms with Gasteiger partial charge >= 0.3 is 5.97 Å². The fourth-order valence-corrected chi connectivity index (χ4v) is 3.12. The number of halogens is 1. The van der Waals surface area contributed by atoms with Gasteiger partial charge in [0, 0.05) is 17.4 Å². The van der Waals surface area contributed by atoms with Crippen molar-refractivity contribution in [3.05, 3.63) is 34.3 Å². The lowest BCUT2D eigenvalue weighted by Gasteiger charge is -2.33. The number of hydrogen-bond donors (Lipinski definition) is 1. The van der Waals surface area contributed by atoms with Crippen LogP contribution in [0.5, 0.6) is 0 Å². The van der Waals surface area contributed by atoms with E-state index in [1.807, 2.05) is 31.2 Å². The van der Waals surface area contributed by atoms with Crippen LogP contribution < -0.4 is 0 Å². The van der Waals surface area contributed by atoms with Crippen molar-refractivity contribution < 1.29 is 14.7 Å². The van der Waals surface area contributed by atoms with Crippen molar-refractivity contribution in [3.63, 3.8) is 0 Å². The smallest absolute Gasteiger partial charge is 0.308 e. The molecular formula is C15H18BrNO3. The van der Waals surface area contributed by atoms with E-state index in [1.54, 1.807) is 4.90 Å². The number of hydrogen-bond acceptors (Lipinski definition) is 2. The number of amides is 1. The molecule has 1 heterocycles. The lowest BCUT2D eigenvalue weighted by atomic mass is 9.89. The van der Waals surface area contributed by atoms with Crippen molar-refractivity contribution in [1.29, 1.82) is 0 Å². The van der Waals surface area contributed by atoms with Crippen LogP contribution in [0.1, 0.15) is 37.8 Å². The molecule has 4 nitrogen and oxygen atoms in total. The summed E-state index contributed by atoms with van der Waals surface area (Å²) in [5, 5.41) is 9.50. The van der Waals surface area contributed by atoms with E-state index < -0.39 is 11.9 Å². The van der Waals surface area contributed by atoms with Gasteiger partial charge in [0.2, 0.25) is 5.91 Å². The highest BCUT2D eigenvalue weighted by Crippen LogP contribution is 2.36. The quantitative estimate of drug-likeness (QED) is 0.919. The third-order valence-electron chi connectivity index (χ3n) is 3.81. The Morgan fingerprint density at radius 2 is 2.05 bits per heavy atom. The second-order valence-corrected chi connectivity index (χ2v) is 5.93. The average molecular weight is 340 g/mol. The molecule has 1 amide bonds. The van der Waals surface area contributed by atoms with Crippen LogP contribution in [-0.2, 0) is 9.59 Å². The highest BCUT2D eigenvalue weighted by Gasteiger charge is 2.37. The Labute approximate surface area is 126 Å². The summed E-state index contributed by atoms with van der Waals surface area (Å²) in [5.41, 5.74) is 0.887. The Morgan fingerprint density at radius 3 is 2.60 bits per heavy atom. The van der Waals surface area contributed by atoms with Gasteiger partial charge in [-0.25, -0.2) is 0 Å². The Kier molecular flexibility index (Phi) is 4.81. The van der Waals surface area contributed by atoms with E-state index in [1.165, 1.54) is 0 Å². The van der Waals surface area contributed by atoms with Crippen LogP contribution in [0.4, 0.5) is 0 Å². The van der Waals surface area contributed by atoms with E-state index in [-0.39, 0.29) is 11.9 Å². The third kappa shape index (κ3) is 3.03. The molecule has 1 saturated heterocycles. The van der Waals surface area contributed by atoms with Crippen LogP contribution in [-0.4, -0.2) is 28.4 Å². The first-order valence-electron chi connectivity index (χ1n) is 6.82. The number of nitrogens with zero attached hydrogens (tertiary/aromatic N) is 1. The van der Waals surface area contributed by atoms with Gasteiger partial charge in [0.25, 0.3) is 0 Å². The molecule has 108 valence electrons. The summed E-state index contributed by atoms with van der Waals surface area (Å²) in [6.07, 6.45) is 1.61. The van der Waals surface area contributed by atoms with Crippen molar-refractivity contribution in [3.8, 4) is 0 Å². The molecular weight excluding hydrogens is 322 g/mol. The molecule has 0 aromatic heterocycles. The first-order valence-corrected chi connectivity index (χ1v) is 7.61. The maximum Gasteiger partial charge on any atom is 0.308 e. The predicted molar refractivity (Wildman–Crippen MR) is 79.2 cm³/mol. The first kappa shape index (κ1) is 15.0. The zero-order valence-corrected chi connectivity index (χ0v) is 13.0. The molecule has 2 unspecified atom stereocenters. The van der Waals surface area contributed by atoms with E-state index in [0.717, 1.165) is 10.0 Å². The molecule has 1 fully saturated rings. The minimum Gasteiger partial charge on any atom is -0.481 e. The highest BCUT2D eigenvalue weighted by atomic mass is 79.9. The van der Waals surface area contributed by atoms with Gasteiger partial charge in [-0.1, -0.05) is 28.1 Å². The minimum absolute atomic E-state index is 0.0455. The summed E-state index contributed by atoms with van der Waals surface area (Å²) in [6.45, 7) is 2.43. The lowest BCUT2D eigenvalue weighted by molar-refractivity contribution is -0.146. The third-order valence-corrected chi connectivity index (χ3v) is 4.34. The molecule has 1 aromatic carbocycles. The molecule has 0 radical (unpaired) electrons. The molecule has 0 bridgehead atoms. The van der Waals surface area contributed by atoms with Crippen LogP contribution >= 0.6 is 15.9 Å². The Hall–Kier alpha value is -1.36. The Morgan fingerprint density at radius 1 is 1.40 bits per heavy atom. The van der Waals surface area contributed by atoms with Gasteiger partial charge in [0.05, 0.1) is 12.0 Å². The second kappa shape index (κ2) is 6.39. The summed E-state index contributed by atoms with van der Waals surface area (Å²) in [6, 6.07) is 7.19. The molecule has 2 atom stereocenters. The minimum atomic E-state index is -0.828. The zero-order valence-electron chi connectivity index (χ0n) is 11.4. The molecule has 1 aromatic rings. The van der Waals surface area contributed by atoms with Crippen molar-refractivity contribution >= 4 is 27.8 Å². The number of carboxylic acids is 1. The monoisotopic (exact) mass is 339 g/mol. The highest BCUT2D eigenvalue weighted by molar-refractivity contribution is 9.10. The molecule has 2 rings (SSSR count). The summed E-state index contributed by atoms with van der Waals surface area (Å²) >= 11 is 3.38. The summed E-state index contributed by atoms with van der Waals surface area (Å²) in [5.74, 6) is -1.32. The molecule has 0 spiro atoms. The SMILES string of the molecule is CCN1C(=O)CCCC(C(=O)O)C1c1ccc(Br)cc1. The van der Waals surface area contributed by atoms with Crippen LogP contribution in [0, 0.1) is 5.92 Å². The van der Waals surface area contributed by atoms with Crippen LogP contribution in [0.2, 0.25) is 0 Å². The number of likely N-dealkylation sites (tertiary alicyclic amines) is 1. The molecule has 5 heteroatoms. The van der Waals surface area contributed by atoms with Gasteiger partial charge in [0.1, 0.15) is 0 Å². The topological polar surface area (TPSA) is 57.6 Å². The lowest BCUT2D eigenvalue weighted by Crippen LogP contribution is -2.38. The van der Waals surface area contributed by atoms with Crippen molar-refractivity contribution in [2.24, 2.45) is 5.92 Å². The number of carbonyl (C=O) groups excluding carboxylic acids is 1. The maximum absolute atomic E-state index is 12.2. The van der Waals surface area contributed by atoms with E-state index >= 15 is 0 Å². The maximum atomic E-state index is 12.2. The summed E-state index contributed by atoms with van der Waals surface area (Å²) in [4.78, 5) is 25.5.